The number of nitrogens with two attached hydrogens (primary N) is 1. The predicted octanol–water partition coefficient (Wildman–Crippen LogP) is 2.04. The monoisotopic (exact) mass is 243 g/mol. The van der Waals surface area contributed by atoms with E-state index in [1.807, 2.05) is 0 Å². The van der Waals surface area contributed by atoms with E-state index in [4.69, 9.17) is 5.73 Å². The molecule has 0 saturated heterocycles. The van der Waals surface area contributed by atoms with Crippen LogP contribution in [-0.4, -0.2) is 18.7 Å². The molecule has 1 rings (SSSR count). The summed E-state index contributed by atoms with van der Waals surface area (Å²) < 4.78 is 31.2. The largest absolute Gasteiger partial charge is 0.464 e. The lowest BCUT2D eigenvalue weighted by atomic mass is 10.0. The topological polar surface area (TPSA) is 52.3 Å². The lowest BCUT2D eigenvalue weighted by molar-refractivity contribution is -0.149. The molecule has 2 N–H and O–H groups in total. The molecule has 0 aromatic heterocycles. The van der Waals surface area contributed by atoms with Crippen molar-refractivity contribution in [1.29, 1.82) is 0 Å². The number of ether oxygens (including phenoxy) is 1. The number of hydrogen-bond donors (Lipinski definition) is 1. The van der Waals surface area contributed by atoms with Crippen LogP contribution in [0.1, 0.15) is 24.1 Å². The first kappa shape index (κ1) is 13.6. The van der Waals surface area contributed by atoms with Gasteiger partial charge in [-0.1, -0.05) is 12.1 Å². The number of aryl methyl sites for hydroxylation is 1. The van der Waals surface area contributed by atoms with Gasteiger partial charge in [-0.25, -0.2) is 13.6 Å². The number of hydrogen-bond acceptors (Lipinski definition) is 3. The number of rotatable bonds is 4. The van der Waals surface area contributed by atoms with Gasteiger partial charge in [0.15, 0.2) is 0 Å². The van der Waals surface area contributed by atoms with Crippen LogP contribution < -0.4 is 5.73 Å². The highest BCUT2D eigenvalue weighted by Crippen LogP contribution is 2.20. The third kappa shape index (κ3) is 3.23. The van der Waals surface area contributed by atoms with Crippen molar-refractivity contribution in [2.24, 2.45) is 5.73 Å². The van der Waals surface area contributed by atoms with Crippen molar-refractivity contribution in [2.75, 3.05) is 6.61 Å². The molecule has 17 heavy (non-hydrogen) atoms. The number of benzene rings is 1. The normalized spacial score (nSPS) is 14.2. The van der Waals surface area contributed by atoms with Gasteiger partial charge in [-0.05, 0) is 31.0 Å². The van der Waals surface area contributed by atoms with Crippen molar-refractivity contribution in [2.45, 2.75) is 26.1 Å². The molecule has 94 valence electrons. The van der Waals surface area contributed by atoms with E-state index in [2.05, 4.69) is 4.74 Å². The van der Waals surface area contributed by atoms with Crippen LogP contribution in [0, 0.1) is 12.7 Å². The third-order valence-corrected chi connectivity index (χ3v) is 2.39. The Morgan fingerprint density at radius 2 is 2.18 bits per heavy atom. The van der Waals surface area contributed by atoms with Crippen LogP contribution in [0.25, 0.3) is 0 Å². The summed E-state index contributed by atoms with van der Waals surface area (Å²) in [5, 5.41) is 0. The molecular weight excluding hydrogens is 228 g/mol. The first-order valence-electron chi connectivity index (χ1n) is 5.29. The molecule has 0 aliphatic carbocycles. The smallest absolute Gasteiger partial charge is 0.342 e. The van der Waals surface area contributed by atoms with Crippen LogP contribution in [0.5, 0.6) is 0 Å². The zero-order valence-electron chi connectivity index (χ0n) is 9.74. The quantitative estimate of drug-likeness (QED) is 0.823. The van der Waals surface area contributed by atoms with E-state index < -0.39 is 24.0 Å². The van der Waals surface area contributed by atoms with Crippen molar-refractivity contribution < 1.29 is 18.3 Å². The Morgan fingerprint density at radius 1 is 1.53 bits per heavy atom. The van der Waals surface area contributed by atoms with Gasteiger partial charge in [-0.15, -0.1) is 0 Å². The van der Waals surface area contributed by atoms with Gasteiger partial charge in [0.05, 0.1) is 12.6 Å². The highest BCUT2D eigenvalue weighted by atomic mass is 19.1. The molecular formula is C12H15F2NO2. The SMILES string of the molecule is CCOC(=O)C(F)[C@H](N)c1ccc(F)c(C)c1. The fraction of sp³-hybridized carbons (Fsp3) is 0.417. The summed E-state index contributed by atoms with van der Waals surface area (Å²) >= 11 is 0. The molecule has 0 bridgehead atoms. The van der Waals surface area contributed by atoms with Crippen LogP contribution in [-0.2, 0) is 9.53 Å². The average Bonchev–Trinajstić information content (AvgIpc) is 2.31. The summed E-state index contributed by atoms with van der Waals surface area (Å²) in [4.78, 5) is 11.2. The lowest BCUT2D eigenvalue weighted by Gasteiger charge is -2.16. The molecule has 0 amide bonds. The number of carbonyl (C=O) groups excluding carboxylic acids is 1. The first-order chi connectivity index (χ1) is 7.97. The molecule has 0 radical (unpaired) electrons. The van der Waals surface area contributed by atoms with Crippen LogP contribution in [0.3, 0.4) is 0 Å². The standard InChI is InChI=1S/C12H15F2NO2/c1-3-17-12(16)10(14)11(15)8-4-5-9(13)7(2)6-8/h4-6,10-11H,3,15H2,1-2H3/t10?,11-/m1/s1. The van der Waals surface area contributed by atoms with Crippen LogP contribution in [0.4, 0.5) is 8.78 Å². The van der Waals surface area contributed by atoms with Crippen LogP contribution in [0.2, 0.25) is 0 Å². The molecule has 1 aromatic carbocycles. The van der Waals surface area contributed by atoms with E-state index in [0.717, 1.165) is 0 Å². The van der Waals surface area contributed by atoms with E-state index in [1.54, 1.807) is 13.8 Å². The molecule has 2 atom stereocenters. The molecule has 0 fully saturated rings. The number of alkyl halides is 1. The van der Waals surface area contributed by atoms with E-state index in [0.29, 0.717) is 11.1 Å². The number of esters is 1. The maximum atomic E-state index is 13.6. The molecule has 0 saturated carbocycles. The molecule has 0 aliphatic heterocycles. The highest BCUT2D eigenvalue weighted by Gasteiger charge is 2.27. The summed E-state index contributed by atoms with van der Waals surface area (Å²) in [7, 11) is 0. The van der Waals surface area contributed by atoms with Crippen LogP contribution in [0.15, 0.2) is 18.2 Å². The van der Waals surface area contributed by atoms with E-state index >= 15 is 0 Å². The van der Waals surface area contributed by atoms with Crippen molar-refractivity contribution in [3.63, 3.8) is 0 Å². The van der Waals surface area contributed by atoms with Gasteiger partial charge in [0, 0.05) is 0 Å². The molecule has 0 spiro atoms. The minimum Gasteiger partial charge on any atom is -0.464 e. The number of halogens is 2. The van der Waals surface area contributed by atoms with E-state index in [9.17, 15) is 13.6 Å². The van der Waals surface area contributed by atoms with Crippen molar-refractivity contribution in [3.8, 4) is 0 Å². The summed E-state index contributed by atoms with van der Waals surface area (Å²) in [5.74, 6) is -1.39. The van der Waals surface area contributed by atoms with Gasteiger partial charge in [-0.3, -0.25) is 0 Å². The van der Waals surface area contributed by atoms with Gasteiger partial charge in [0.2, 0.25) is 6.17 Å². The Hall–Kier alpha value is -1.49. The molecule has 0 aliphatic rings. The average molecular weight is 243 g/mol. The van der Waals surface area contributed by atoms with Gasteiger partial charge < -0.3 is 10.5 Å². The first-order valence-corrected chi connectivity index (χ1v) is 5.29. The molecule has 5 heteroatoms. The fourth-order valence-electron chi connectivity index (χ4n) is 1.41. The Balaban J connectivity index is 2.84. The second kappa shape index (κ2) is 5.72. The van der Waals surface area contributed by atoms with Gasteiger partial charge in [0.25, 0.3) is 0 Å². The zero-order chi connectivity index (χ0) is 13.0. The molecule has 1 aromatic rings. The maximum absolute atomic E-state index is 13.6. The Labute approximate surface area is 98.6 Å². The zero-order valence-corrected chi connectivity index (χ0v) is 9.74. The summed E-state index contributed by atoms with van der Waals surface area (Å²) in [5.41, 5.74) is 6.31. The fourth-order valence-corrected chi connectivity index (χ4v) is 1.41. The van der Waals surface area contributed by atoms with Crippen molar-refractivity contribution >= 4 is 5.97 Å². The van der Waals surface area contributed by atoms with Gasteiger partial charge in [0.1, 0.15) is 5.82 Å². The maximum Gasteiger partial charge on any atom is 0.342 e. The Kier molecular flexibility index (Phi) is 4.57. The van der Waals surface area contributed by atoms with Gasteiger partial charge in [-0.2, -0.15) is 0 Å². The van der Waals surface area contributed by atoms with Crippen molar-refractivity contribution in [1.82, 2.24) is 0 Å². The lowest BCUT2D eigenvalue weighted by Crippen LogP contribution is -2.31. The molecule has 0 heterocycles. The van der Waals surface area contributed by atoms with E-state index in [-0.39, 0.29) is 6.61 Å². The van der Waals surface area contributed by atoms with Crippen molar-refractivity contribution in [3.05, 3.63) is 35.1 Å². The second-order valence-corrected chi connectivity index (χ2v) is 3.69. The predicted molar refractivity (Wildman–Crippen MR) is 59.6 cm³/mol. The molecule has 3 nitrogen and oxygen atoms in total. The summed E-state index contributed by atoms with van der Waals surface area (Å²) in [6, 6.07) is 2.83. The van der Waals surface area contributed by atoms with Crippen LogP contribution >= 0.6 is 0 Å². The Bertz CT molecular complexity index is 409. The minimum atomic E-state index is -1.94. The number of carbonyl (C=O) groups is 1. The minimum absolute atomic E-state index is 0.0917. The third-order valence-electron chi connectivity index (χ3n) is 2.39. The summed E-state index contributed by atoms with van der Waals surface area (Å²) in [6.07, 6.45) is -1.94. The van der Waals surface area contributed by atoms with Gasteiger partial charge >= 0.3 is 5.97 Å². The molecule has 1 unspecified atom stereocenters. The Morgan fingerprint density at radius 3 is 2.71 bits per heavy atom. The summed E-state index contributed by atoms with van der Waals surface area (Å²) in [6.45, 7) is 3.22. The second-order valence-electron chi connectivity index (χ2n) is 3.69. The highest BCUT2D eigenvalue weighted by molar-refractivity contribution is 5.75. The van der Waals surface area contributed by atoms with E-state index in [1.165, 1.54) is 18.2 Å².